The summed E-state index contributed by atoms with van der Waals surface area (Å²) in [5.41, 5.74) is 4.73. The third kappa shape index (κ3) is 3.66. The number of benzene rings is 2. The van der Waals surface area contributed by atoms with E-state index in [1.54, 1.807) is 0 Å². The molecule has 0 unspecified atom stereocenters. The van der Waals surface area contributed by atoms with Crippen molar-refractivity contribution in [3.05, 3.63) is 69.7 Å². The van der Waals surface area contributed by atoms with Crippen LogP contribution in [0.25, 0.3) is 10.6 Å². The van der Waals surface area contributed by atoms with Crippen molar-refractivity contribution in [2.45, 2.75) is 20.3 Å². The molecule has 0 saturated heterocycles. The zero-order valence-corrected chi connectivity index (χ0v) is 15.0. The first kappa shape index (κ1) is 16.7. The van der Waals surface area contributed by atoms with E-state index < -0.39 is 0 Å². The van der Waals surface area contributed by atoms with Crippen LogP contribution in [0.3, 0.4) is 0 Å². The fourth-order valence-corrected chi connectivity index (χ4v) is 3.53. The highest BCUT2D eigenvalue weighted by atomic mass is 35.5. The number of anilines is 1. The van der Waals surface area contributed by atoms with Gasteiger partial charge in [0.2, 0.25) is 5.91 Å². The summed E-state index contributed by atoms with van der Waals surface area (Å²) in [6, 6.07) is 13.5. The summed E-state index contributed by atoms with van der Waals surface area (Å²) in [6.07, 6.45) is 0.244. The minimum atomic E-state index is -0.0697. The van der Waals surface area contributed by atoms with E-state index in [2.05, 4.69) is 10.3 Å². The normalized spacial score (nSPS) is 10.6. The maximum absolute atomic E-state index is 12.3. The van der Waals surface area contributed by atoms with E-state index in [-0.39, 0.29) is 12.3 Å². The van der Waals surface area contributed by atoms with Gasteiger partial charge in [0.15, 0.2) is 0 Å². The lowest BCUT2D eigenvalue weighted by atomic mass is 10.1. The molecule has 1 aromatic heterocycles. The molecule has 3 rings (SSSR count). The van der Waals surface area contributed by atoms with Gasteiger partial charge >= 0.3 is 0 Å². The second-order valence-electron chi connectivity index (χ2n) is 5.60. The summed E-state index contributed by atoms with van der Waals surface area (Å²) in [5.74, 6) is -0.0697. The first-order chi connectivity index (χ1) is 11.5. The highest BCUT2D eigenvalue weighted by Gasteiger charge is 2.12. The van der Waals surface area contributed by atoms with Crippen molar-refractivity contribution >= 4 is 34.5 Å². The van der Waals surface area contributed by atoms with Crippen LogP contribution in [0.1, 0.15) is 16.8 Å². The van der Waals surface area contributed by atoms with Crippen LogP contribution in [-0.4, -0.2) is 10.9 Å². The lowest BCUT2D eigenvalue weighted by Crippen LogP contribution is -2.15. The Bertz CT molecular complexity index is 889. The number of thiazole rings is 1. The molecule has 24 heavy (non-hydrogen) atoms. The molecule has 0 radical (unpaired) electrons. The molecular weight excluding hydrogens is 340 g/mol. The molecule has 0 fully saturated rings. The monoisotopic (exact) mass is 356 g/mol. The standard InChI is InChI=1S/C19H17ClN2OS/c1-12-6-5-9-17(13(12)2)22-18(23)10-14-11-24-19(21-14)15-7-3-4-8-16(15)20/h3-9,11H,10H2,1-2H3,(H,22,23). The number of carbonyl (C=O) groups is 1. The molecule has 3 nitrogen and oxygen atoms in total. The average Bonchev–Trinajstić information content (AvgIpc) is 3.00. The van der Waals surface area contributed by atoms with Gasteiger partial charge in [0.1, 0.15) is 5.01 Å². The second kappa shape index (κ2) is 7.16. The quantitative estimate of drug-likeness (QED) is 0.692. The number of aromatic nitrogens is 1. The number of hydrogen-bond acceptors (Lipinski definition) is 3. The van der Waals surface area contributed by atoms with Gasteiger partial charge in [-0.25, -0.2) is 4.98 Å². The topological polar surface area (TPSA) is 42.0 Å². The van der Waals surface area contributed by atoms with Gasteiger partial charge in [-0.05, 0) is 37.1 Å². The Morgan fingerprint density at radius 2 is 1.96 bits per heavy atom. The highest BCUT2D eigenvalue weighted by molar-refractivity contribution is 7.13. The fourth-order valence-electron chi connectivity index (χ4n) is 2.39. The Labute approximate surface area is 150 Å². The summed E-state index contributed by atoms with van der Waals surface area (Å²) in [5, 5.41) is 6.36. The molecule has 0 bridgehead atoms. The van der Waals surface area contributed by atoms with Gasteiger partial charge in [-0.15, -0.1) is 11.3 Å². The fraction of sp³-hybridized carbons (Fsp3) is 0.158. The van der Waals surface area contributed by atoms with E-state index >= 15 is 0 Å². The van der Waals surface area contributed by atoms with Gasteiger partial charge in [0.25, 0.3) is 0 Å². The lowest BCUT2D eigenvalue weighted by Gasteiger charge is -2.09. The number of nitrogens with one attached hydrogen (secondary N) is 1. The van der Waals surface area contributed by atoms with E-state index in [1.165, 1.54) is 11.3 Å². The zero-order valence-electron chi connectivity index (χ0n) is 13.5. The zero-order chi connectivity index (χ0) is 17.1. The van der Waals surface area contributed by atoms with Crippen molar-refractivity contribution in [1.29, 1.82) is 0 Å². The molecule has 0 spiro atoms. The number of nitrogens with zero attached hydrogens (tertiary/aromatic N) is 1. The van der Waals surface area contributed by atoms with E-state index in [0.29, 0.717) is 5.02 Å². The number of aryl methyl sites for hydroxylation is 1. The highest BCUT2D eigenvalue weighted by Crippen LogP contribution is 2.30. The number of carbonyl (C=O) groups excluding carboxylic acids is 1. The van der Waals surface area contributed by atoms with Gasteiger partial charge in [0.05, 0.1) is 17.1 Å². The molecule has 0 atom stereocenters. The lowest BCUT2D eigenvalue weighted by molar-refractivity contribution is -0.115. The van der Waals surface area contributed by atoms with E-state index in [1.807, 2.05) is 61.7 Å². The van der Waals surface area contributed by atoms with Gasteiger partial charge in [-0.1, -0.05) is 41.9 Å². The molecule has 122 valence electrons. The van der Waals surface area contributed by atoms with Crippen LogP contribution < -0.4 is 5.32 Å². The van der Waals surface area contributed by atoms with Gasteiger partial charge in [0, 0.05) is 16.6 Å². The number of amides is 1. The summed E-state index contributed by atoms with van der Waals surface area (Å²) in [4.78, 5) is 16.8. The molecule has 5 heteroatoms. The minimum Gasteiger partial charge on any atom is -0.325 e. The molecule has 1 N–H and O–H groups in total. The predicted octanol–water partition coefficient (Wildman–Crippen LogP) is 5.26. The number of hydrogen-bond donors (Lipinski definition) is 1. The van der Waals surface area contributed by atoms with Crippen LogP contribution in [0.5, 0.6) is 0 Å². The van der Waals surface area contributed by atoms with Gasteiger partial charge in [-0.3, -0.25) is 4.79 Å². The van der Waals surface area contributed by atoms with Crippen LogP contribution in [0.2, 0.25) is 5.02 Å². The molecule has 0 aliphatic heterocycles. The van der Waals surface area contributed by atoms with Gasteiger partial charge in [-0.2, -0.15) is 0 Å². The van der Waals surface area contributed by atoms with Crippen molar-refractivity contribution in [1.82, 2.24) is 4.98 Å². The Morgan fingerprint density at radius 1 is 1.17 bits per heavy atom. The summed E-state index contributed by atoms with van der Waals surface area (Å²) < 4.78 is 0. The van der Waals surface area contributed by atoms with Crippen LogP contribution in [0.15, 0.2) is 47.8 Å². The smallest absolute Gasteiger partial charge is 0.230 e. The minimum absolute atomic E-state index is 0.0697. The SMILES string of the molecule is Cc1cccc(NC(=O)Cc2csc(-c3ccccc3Cl)n2)c1C. The largest absolute Gasteiger partial charge is 0.325 e. The molecule has 1 amide bonds. The van der Waals surface area contributed by atoms with Crippen molar-refractivity contribution in [2.24, 2.45) is 0 Å². The average molecular weight is 357 g/mol. The van der Waals surface area contributed by atoms with Crippen LogP contribution in [0.4, 0.5) is 5.69 Å². The molecule has 0 aliphatic carbocycles. The molecule has 2 aromatic carbocycles. The maximum Gasteiger partial charge on any atom is 0.230 e. The Morgan fingerprint density at radius 3 is 2.75 bits per heavy atom. The number of halogens is 1. The van der Waals surface area contributed by atoms with Crippen molar-refractivity contribution in [3.63, 3.8) is 0 Å². The van der Waals surface area contributed by atoms with Crippen LogP contribution in [-0.2, 0) is 11.2 Å². The van der Waals surface area contributed by atoms with Crippen LogP contribution in [0, 0.1) is 13.8 Å². The third-order valence-electron chi connectivity index (χ3n) is 3.88. The Balaban J connectivity index is 1.72. The maximum atomic E-state index is 12.3. The van der Waals surface area contributed by atoms with Crippen LogP contribution >= 0.6 is 22.9 Å². The second-order valence-corrected chi connectivity index (χ2v) is 6.86. The molecule has 0 aliphatic rings. The predicted molar refractivity (Wildman–Crippen MR) is 101 cm³/mol. The summed E-state index contributed by atoms with van der Waals surface area (Å²) in [6.45, 7) is 4.03. The number of rotatable bonds is 4. The molecular formula is C19H17ClN2OS. The Hall–Kier alpha value is -2.17. The van der Waals surface area contributed by atoms with E-state index in [0.717, 1.165) is 33.1 Å². The summed E-state index contributed by atoms with van der Waals surface area (Å²) >= 11 is 7.70. The summed E-state index contributed by atoms with van der Waals surface area (Å²) in [7, 11) is 0. The first-order valence-electron chi connectivity index (χ1n) is 7.60. The molecule has 1 heterocycles. The first-order valence-corrected chi connectivity index (χ1v) is 8.85. The van der Waals surface area contributed by atoms with E-state index in [9.17, 15) is 4.79 Å². The molecule has 0 saturated carbocycles. The van der Waals surface area contributed by atoms with Crippen molar-refractivity contribution in [3.8, 4) is 10.6 Å². The van der Waals surface area contributed by atoms with E-state index in [4.69, 9.17) is 11.6 Å². The Kier molecular flexibility index (Phi) is 4.97. The molecule has 3 aromatic rings. The van der Waals surface area contributed by atoms with Crippen molar-refractivity contribution in [2.75, 3.05) is 5.32 Å². The van der Waals surface area contributed by atoms with Gasteiger partial charge < -0.3 is 5.32 Å². The van der Waals surface area contributed by atoms with Crippen molar-refractivity contribution < 1.29 is 4.79 Å². The third-order valence-corrected chi connectivity index (χ3v) is 5.13.